The zero-order valence-corrected chi connectivity index (χ0v) is 13.1. The summed E-state index contributed by atoms with van der Waals surface area (Å²) in [5.41, 5.74) is 0.553. The summed E-state index contributed by atoms with van der Waals surface area (Å²) in [6.07, 6.45) is 0. The quantitative estimate of drug-likeness (QED) is 0.630. The number of carbonyl (C=O) groups is 2. The van der Waals surface area contributed by atoms with Crippen molar-refractivity contribution in [2.24, 2.45) is 0 Å². The van der Waals surface area contributed by atoms with Crippen LogP contribution in [0.3, 0.4) is 0 Å². The second kappa shape index (κ2) is 8.24. The molecule has 0 saturated heterocycles. The lowest BCUT2D eigenvalue weighted by Gasteiger charge is -2.06. The van der Waals surface area contributed by atoms with Gasteiger partial charge in [-0.15, -0.1) is 11.8 Å². The first-order valence-corrected chi connectivity index (χ1v) is 7.79. The summed E-state index contributed by atoms with van der Waals surface area (Å²) in [5, 5.41) is 2.64. The SMILES string of the molecule is COc1ccc(C(=O)CNC(=O)CSc2ccccc2)cc1. The highest BCUT2D eigenvalue weighted by atomic mass is 32.2. The summed E-state index contributed by atoms with van der Waals surface area (Å²) >= 11 is 1.44. The normalized spacial score (nSPS) is 10.0. The number of rotatable bonds is 7. The molecule has 4 nitrogen and oxygen atoms in total. The van der Waals surface area contributed by atoms with Gasteiger partial charge in [0, 0.05) is 10.5 Å². The van der Waals surface area contributed by atoms with E-state index in [0.29, 0.717) is 17.1 Å². The van der Waals surface area contributed by atoms with Crippen molar-refractivity contribution in [1.29, 1.82) is 0 Å². The number of thioether (sulfide) groups is 1. The van der Waals surface area contributed by atoms with Crippen LogP contribution in [-0.2, 0) is 4.79 Å². The molecule has 2 rings (SSSR count). The number of ketones is 1. The first-order valence-electron chi connectivity index (χ1n) is 6.81. The van der Waals surface area contributed by atoms with Crippen LogP contribution in [0, 0.1) is 0 Å². The molecule has 5 heteroatoms. The summed E-state index contributed by atoms with van der Waals surface area (Å²) in [7, 11) is 1.57. The maximum absolute atomic E-state index is 12.0. The van der Waals surface area contributed by atoms with Gasteiger partial charge in [-0.2, -0.15) is 0 Å². The summed E-state index contributed by atoms with van der Waals surface area (Å²) < 4.78 is 5.04. The number of hydrogen-bond acceptors (Lipinski definition) is 4. The van der Waals surface area contributed by atoms with E-state index in [1.165, 1.54) is 11.8 Å². The third-order valence-corrected chi connectivity index (χ3v) is 3.98. The Morgan fingerprint density at radius 3 is 2.36 bits per heavy atom. The summed E-state index contributed by atoms with van der Waals surface area (Å²) in [6, 6.07) is 16.5. The zero-order valence-electron chi connectivity index (χ0n) is 12.2. The number of amides is 1. The van der Waals surface area contributed by atoms with E-state index in [2.05, 4.69) is 5.32 Å². The van der Waals surface area contributed by atoms with Crippen molar-refractivity contribution >= 4 is 23.5 Å². The lowest BCUT2D eigenvalue weighted by Crippen LogP contribution is -2.30. The topological polar surface area (TPSA) is 55.4 Å². The van der Waals surface area contributed by atoms with Crippen molar-refractivity contribution in [3.05, 3.63) is 60.2 Å². The molecule has 0 unspecified atom stereocenters. The maximum Gasteiger partial charge on any atom is 0.230 e. The molecule has 0 aliphatic rings. The molecule has 0 fully saturated rings. The van der Waals surface area contributed by atoms with Crippen LogP contribution in [-0.4, -0.2) is 31.1 Å². The van der Waals surface area contributed by atoms with Gasteiger partial charge in [-0.25, -0.2) is 0 Å². The Hall–Kier alpha value is -2.27. The van der Waals surface area contributed by atoms with Gasteiger partial charge < -0.3 is 10.1 Å². The molecule has 0 saturated carbocycles. The van der Waals surface area contributed by atoms with Crippen LogP contribution in [0.5, 0.6) is 5.75 Å². The van der Waals surface area contributed by atoms with Crippen molar-refractivity contribution in [2.75, 3.05) is 19.4 Å². The lowest BCUT2D eigenvalue weighted by atomic mass is 10.1. The smallest absolute Gasteiger partial charge is 0.230 e. The lowest BCUT2D eigenvalue weighted by molar-refractivity contribution is -0.118. The standard InChI is InChI=1S/C17H17NO3S/c1-21-14-9-7-13(8-10-14)16(19)11-18-17(20)12-22-15-5-3-2-4-6-15/h2-10H,11-12H2,1H3,(H,18,20). The van der Waals surface area contributed by atoms with Crippen LogP contribution in [0.1, 0.15) is 10.4 Å². The van der Waals surface area contributed by atoms with Gasteiger partial charge in [-0.3, -0.25) is 9.59 Å². The fourth-order valence-corrected chi connectivity index (χ4v) is 2.52. The fourth-order valence-electron chi connectivity index (χ4n) is 1.77. The van der Waals surface area contributed by atoms with E-state index in [4.69, 9.17) is 4.74 Å². The minimum atomic E-state index is -0.157. The molecule has 0 radical (unpaired) electrons. The zero-order chi connectivity index (χ0) is 15.8. The molecule has 0 heterocycles. The summed E-state index contributed by atoms with van der Waals surface area (Å²) in [4.78, 5) is 24.7. The molecule has 1 N–H and O–H groups in total. The Balaban J connectivity index is 1.76. The van der Waals surface area contributed by atoms with Gasteiger partial charge in [0.25, 0.3) is 0 Å². The fraction of sp³-hybridized carbons (Fsp3) is 0.176. The number of benzene rings is 2. The molecule has 0 atom stereocenters. The maximum atomic E-state index is 12.0. The highest BCUT2D eigenvalue weighted by Gasteiger charge is 2.08. The minimum Gasteiger partial charge on any atom is -0.497 e. The average Bonchev–Trinajstić information content (AvgIpc) is 2.58. The Morgan fingerprint density at radius 1 is 1.05 bits per heavy atom. The van der Waals surface area contributed by atoms with E-state index >= 15 is 0 Å². The number of carbonyl (C=O) groups excluding carboxylic acids is 2. The van der Waals surface area contributed by atoms with Gasteiger partial charge in [0.2, 0.25) is 5.91 Å². The second-order valence-corrected chi connectivity index (χ2v) is 5.58. The Morgan fingerprint density at radius 2 is 1.73 bits per heavy atom. The number of nitrogens with one attached hydrogen (secondary N) is 1. The largest absolute Gasteiger partial charge is 0.497 e. The van der Waals surface area contributed by atoms with Gasteiger partial charge in [0.05, 0.1) is 19.4 Å². The van der Waals surface area contributed by atoms with E-state index < -0.39 is 0 Å². The number of methoxy groups -OCH3 is 1. The molecular weight excluding hydrogens is 298 g/mol. The molecule has 0 aliphatic carbocycles. The molecule has 2 aromatic carbocycles. The minimum absolute atomic E-state index is 0.000508. The highest BCUT2D eigenvalue weighted by Crippen LogP contribution is 2.16. The van der Waals surface area contributed by atoms with Crippen molar-refractivity contribution in [3.8, 4) is 5.75 Å². The molecule has 0 aliphatic heterocycles. The summed E-state index contributed by atoms with van der Waals surface area (Å²) in [5.74, 6) is 0.705. The van der Waals surface area contributed by atoms with Crippen molar-refractivity contribution < 1.29 is 14.3 Å². The third kappa shape index (κ3) is 4.93. The predicted molar refractivity (Wildman–Crippen MR) is 87.5 cm³/mol. The molecule has 0 spiro atoms. The van der Waals surface area contributed by atoms with E-state index in [0.717, 1.165) is 4.90 Å². The Kier molecular flexibility index (Phi) is 6.03. The van der Waals surface area contributed by atoms with Gasteiger partial charge in [0.15, 0.2) is 5.78 Å². The molecule has 0 bridgehead atoms. The highest BCUT2D eigenvalue weighted by molar-refractivity contribution is 8.00. The predicted octanol–water partition coefficient (Wildman–Crippen LogP) is 2.79. The average molecular weight is 315 g/mol. The molecule has 0 aromatic heterocycles. The van der Waals surface area contributed by atoms with Crippen LogP contribution >= 0.6 is 11.8 Å². The molecule has 22 heavy (non-hydrogen) atoms. The second-order valence-electron chi connectivity index (χ2n) is 4.53. The number of Topliss-reactive ketones (excluding diaryl/α,β-unsaturated/α-hetero) is 1. The molecule has 2 aromatic rings. The van der Waals surface area contributed by atoms with Crippen LogP contribution in [0.25, 0.3) is 0 Å². The van der Waals surface area contributed by atoms with Crippen molar-refractivity contribution in [3.63, 3.8) is 0 Å². The Bertz CT molecular complexity index is 626. The number of hydrogen-bond donors (Lipinski definition) is 1. The first kappa shape index (κ1) is 16.1. The molecular formula is C17H17NO3S. The third-order valence-electron chi connectivity index (χ3n) is 2.97. The van der Waals surface area contributed by atoms with Crippen LogP contribution in [0.15, 0.2) is 59.5 Å². The van der Waals surface area contributed by atoms with Gasteiger partial charge in [-0.05, 0) is 36.4 Å². The molecule has 114 valence electrons. The molecule has 1 amide bonds. The first-order chi connectivity index (χ1) is 10.7. The summed E-state index contributed by atoms with van der Waals surface area (Å²) in [6.45, 7) is 0.000508. The van der Waals surface area contributed by atoms with Gasteiger partial charge in [-0.1, -0.05) is 18.2 Å². The van der Waals surface area contributed by atoms with E-state index in [1.54, 1.807) is 31.4 Å². The van der Waals surface area contributed by atoms with Crippen molar-refractivity contribution in [2.45, 2.75) is 4.90 Å². The Labute approximate surface area is 133 Å². The van der Waals surface area contributed by atoms with E-state index in [9.17, 15) is 9.59 Å². The van der Waals surface area contributed by atoms with Crippen LogP contribution in [0.2, 0.25) is 0 Å². The monoisotopic (exact) mass is 315 g/mol. The van der Waals surface area contributed by atoms with E-state index in [1.807, 2.05) is 30.3 Å². The van der Waals surface area contributed by atoms with Crippen molar-refractivity contribution in [1.82, 2.24) is 5.32 Å². The van der Waals surface area contributed by atoms with Gasteiger partial charge >= 0.3 is 0 Å². The van der Waals surface area contributed by atoms with E-state index in [-0.39, 0.29) is 18.2 Å². The van der Waals surface area contributed by atoms with Gasteiger partial charge in [0.1, 0.15) is 5.75 Å². The number of ether oxygens (including phenoxy) is 1. The van der Waals surface area contributed by atoms with Crippen LogP contribution < -0.4 is 10.1 Å². The van der Waals surface area contributed by atoms with Crippen LogP contribution in [0.4, 0.5) is 0 Å².